The molecule has 1 aliphatic heterocycles. The maximum absolute atomic E-state index is 11.6. The maximum Gasteiger partial charge on any atom is 0.408 e. The molecule has 0 aromatic heterocycles. The molecule has 7 heteroatoms. The Morgan fingerprint density at radius 3 is 2.47 bits per heavy atom. The Morgan fingerprint density at radius 2 is 2.00 bits per heavy atom. The van der Waals surface area contributed by atoms with Crippen molar-refractivity contribution >= 4 is 12.1 Å². The topological polar surface area (TPSA) is 94.1 Å². The third kappa shape index (κ3) is 5.04. The van der Waals surface area contributed by atoms with Crippen LogP contribution in [0.25, 0.3) is 0 Å². The fraction of sp³-hybridized carbons (Fsp3) is 0.833. The molecule has 1 fully saturated rings. The fourth-order valence-electron chi connectivity index (χ4n) is 1.80. The molecule has 0 aromatic carbocycles. The standard InChI is InChI=1S/C12H21NO6/c1-12(2,3)19-11(16)13-7-6-18-9(10(14)15)5-8(7)17-4/h7-9H,5-6H2,1-4H3,(H,13,16)(H,14,15)/t7?,8?,9-/m0/s1. The van der Waals surface area contributed by atoms with E-state index < -0.39 is 35.9 Å². The van der Waals surface area contributed by atoms with Gasteiger partial charge in [-0.3, -0.25) is 0 Å². The van der Waals surface area contributed by atoms with Gasteiger partial charge in [-0.15, -0.1) is 0 Å². The molecule has 3 atom stereocenters. The molecular weight excluding hydrogens is 254 g/mol. The van der Waals surface area contributed by atoms with E-state index in [1.54, 1.807) is 20.8 Å². The van der Waals surface area contributed by atoms with Crippen LogP contribution in [0.2, 0.25) is 0 Å². The number of hydrogen-bond donors (Lipinski definition) is 2. The Kier molecular flexibility index (Phi) is 5.13. The van der Waals surface area contributed by atoms with Gasteiger partial charge in [0.05, 0.1) is 18.8 Å². The summed E-state index contributed by atoms with van der Waals surface area (Å²) in [5, 5.41) is 11.5. The summed E-state index contributed by atoms with van der Waals surface area (Å²) in [6.07, 6.45) is -1.70. The van der Waals surface area contributed by atoms with E-state index in [-0.39, 0.29) is 13.0 Å². The van der Waals surface area contributed by atoms with Crippen LogP contribution in [0, 0.1) is 0 Å². The number of hydrogen-bond acceptors (Lipinski definition) is 5. The Morgan fingerprint density at radius 1 is 1.37 bits per heavy atom. The molecule has 19 heavy (non-hydrogen) atoms. The van der Waals surface area contributed by atoms with Gasteiger partial charge in [0.1, 0.15) is 5.60 Å². The van der Waals surface area contributed by atoms with Crippen LogP contribution in [0.3, 0.4) is 0 Å². The predicted octanol–water partition coefficient (Wildman–Crippen LogP) is 0.768. The number of ether oxygens (including phenoxy) is 3. The summed E-state index contributed by atoms with van der Waals surface area (Å²) in [5.74, 6) is -1.03. The molecule has 0 aromatic rings. The van der Waals surface area contributed by atoms with Crippen molar-refractivity contribution in [2.45, 2.75) is 51.0 Å². The second-order valence-corrected chi connectivity index (χ2v) is 5.42. The first kappa shape index (κ1) is 15.7. The lowest BCUT2D eigenvalue weighted by atomic mass is 10.0. The van der Waals surface area contributed by atoms with Gasteiger partial charge < -0.3 is 24.6 Å². The van der Waals surface area contributed by atoms with Crippen molar-refractivity contribution in [3.05, 3.63) is 0 Å². The van der Waals surface area contributed by atoms with E-state index in [2.05, 4.69) is 5.32 Å². The molecule has 7 nitrogen and oxygen atoms in total. The highest BCUT2D eigenvalue weighted by atomic mass is 16.6. The van der Waals surface area contributed by atoms with Gasteiger partial charge in [-0.1, -0.05) is 0 Å². The molecule has 1 heterocycles. The van der Waals surface area contributed by atoms with Gasteiger partial charge in [0.15, 0.2) is 6.10 Å². The first-order chi connectivity index (χ1) is 8.73. The summed E-state index contributed by atoms with van der Waals surface area (Å²) >= 11 is 0. The number of nitrogens with one attached hydrogen (secondary N) is 1. The van der Waals surface area contributed by atoms with E-state index in [9.17, 15) is 9.59 Å². The average Bonchev–Trinajstić information content (AvgIpc) is 2.26. The monoisotopic (exact) mass is 275 g/mol. The highest BCUT2D eigenvalue weighted by molar-refractivity contribution is 5.72. The summed E-state index contributed by atoms with van der Waals surface area (Å²) in [5.41, 5.74) is -0.591. The van der Waals surface area contributed by atoms with Crippen LogP contribution < -0.4 is 5.32 Å². The largest absolute Gasteiger partial charge is 0.479 e. The normalized spacial score (nSPS) is 27.7. The molecule has 2 N–H and O–H groups in total. The average molecular weight is 275 g/mol. The van der Waals surface area contributed by atoms with Gasteiger partial charge in [-0.2, -0.15) is 0 Å². The van der Waals surface area contributed by atoms with E-state index >= 15 is 0 Å². The van der Waals surface area contributed by atoms with Crippen molar-refractivity contribution < 1.29 is 28.9 Å². The number of amides is 1. The SMILES string of the molecule is COC1C[C@@H](C(=O)O)OCC1NC(=O)OC(C)(C)C. The summed E-state index contributed by atoms with van der Waals surface area (Å²) in [4.78, 5) is 22.5. The maximum atomic E-state index is 11.6. The van der Waals surface area contributed by atoms with Gasteiger partial charge in [0.25, 0.3) is 0 Å². The Balaban J connectivity index is 2.54. The molecule has 0 spiro atoms. The quantitative estimate of drug-likeness (QED) is 0.790. The van der Waals surface area contributed by atoms with Crippen LogP contribution in [0.15, 0.2) is 0 Å². The third-order valence-corrected chi connectivity index (χ3v) is 2.65. The van der Waals surface area contributed by atoms with Crippen molar-refractivity contribution in [3.63, 3.8) is 0 Å². The highest BCUT2D eigenvalue weighted by Gasteiger charge is 2.36. The molecular formula is C12H21NO6. The number of carboxylic acids is 1. The van der Waals surface area contributed by atoms with Crippen molar-refractivity contribution in [3.8, 4) is 0 Å². The number of carbonyl (C=O) groups is 2. The Bertz CT molecular complexity index is 338. The number of rotatable bonds is 3. The van der Waals surface area contributed by atoms with E-state index in [0.29, 0.717) is 0 Å². The van der Waals surface area contributed by atoms with Gasteiger partial charge in [-0.05, 0) is 20.8 Å². The van der Waals surface area contributed by atoms with E-state index in [4.69, 9.17) is 19.3 Å². The number of aliphatic carboxylic acids is 1. The molecule has 0 radical (unpaired) electrons. The minimum Gasteiger partial charge on any atom is -0.479 e. The smallest absolute Gasteiger partial charge is 0.408 e. The lowest BCUT2D eigenvalue weighted by Gasteiger charge is -2.34. The van der Waals surface area contributed by atoms with Crippen molar-refractivity contribution in [1.82, 2.24) is 5.32 Å². The second kappa shape index (κ2) is 6.21. The number of methoxy groups -OCH3 is 1. The molecule has 0 aliphatic carbocycles. The summed E-state index contributed by atoms with van der Waals surface area (Å²) in [6, 6.07) is -0.421. The summed E-state index contributed by atoms with van der Waals surface area (Å²) in [6.45, 7) is 5.36. The molecule has 0 saturated carbocycles. The lowest BCUT2D eigenvalue weighted by Crippen LogP contribution is -2.54. The molecule has 1 saturated heterocycles. The molecule has 1 aliphatic rings. The van der Waals surface area contributed by atoms with Crippen LogP contribution in [-0.2, 0) is 19.0 Å². The molecule has 1 amide bonds. The fourth-order valence-corrected chi connectivity index (χ4v) is 1.80. The molecule has 0 bridgehead atoms. The van der Waals surface area contributed by atoms with Gasteiger partial charge in [0.2, 0.25) is 0 Å². The summed E-state index contributed by atoms with van der Waals surface area (Å²) in [7, 11) is 1.47. The van der Waals surface area contributed by atoms with Crippen LogP contribution >= 0.6 is 0 Å². The van der Waals surface area contributed by atoms with Crippen LogP contribution in [0.1, 0.15) is 27.2 Å². The first-order valence-electron chi connectivity index (χ1n) is 6.09. The Hall–Kier alpha value is -1.34. The van der Waals surface area contributed by atoms with Crippen molar-refractivity contribution in [1.29, 1.82) is 0 Å². The van der Waals surface area contributed by atoms with Crippen molar-refractivity contribution in [2.75, 3.05) is 13.7 Å². The zero-order chi connectivity index (χ0) is 14.6. The van der Waals surface area contributed by atoms with E-state index in [0.717, 1.165) is 0 Å². The molecule has 2 unspecified atom stereocenters. The summed E-state index contributed by atoms with van der Waals surface area (Å²) < 4.78 is 15.5. The highest BCUT2D eigenvalue weighted by Crippen LogP contribution is 2.18. The molecule has 110 valence electrons. The zero-order valence-electron chi connectivity index (χ0n) is 11.6. The lowest BCUT2D eigenvalue weighted by molar-refractivity contribution is -0.160. The number of carbonyl (C=O) groups excluding carboxylic acids is 1. The van der Waals surface area contributed by atoms with Crippen molar-refractivity contribution in [2.24, 2.45) is 0 Å². The molecule has 1 rings (SSSR count). The van der Waals surface area contributed by atoms with Gasteiger partial charge in [0, 0.05) is 13.5 Å². The second-order valence-electron chi connectivity index (χ2n) is 5.42. The Labute approximate surface area is 112 Å². The minimum absolute atomic E-state index is 0.0781. The third-order valence-electron chi connectivity index (χ3n) is 2.65. The number of carboxylic acid groups (broad SMARTS) is 1. The number of alkyl carbamates (subject to hydrolysis) is 1. The predicted molar refractivity (Wildman–Crippen MR) is 65.9 cm³/mol. The zero-order valence-corrected chi connectivity index (χ0v) is 11.6. The van der Waals surface area contributed by atoms with E-state index in [1.807, 2.05) is 0 Å². The van der Waals surface area contributed by atoms with E-state index in [1.165, 1.54) is 7.11 Å². The van der Waals surface area contributed by atoms with Gasteiger partial charge >= 0.3 is 12.1 Å². The van der Waals surface area contributed by atoms with Gasteiger partial charge in [-0.25, -0.2) is 9.59 Å². The van der Waals surface area contributed by atoms with Crippen LogP contribution in [-0.4, -0.2) is 54.7 Å². The van der Waals surface area contributed by atoms with Crippen LogP contribution in [0.5, 0.6) is 0 Å². The first-order valence-corrected chi connectivity index (χ1v) is 6.09. The van der Waals surface area contributed by atoms with Crippen LogP contribution in [0.4, 0.5) is 4.79 Å². The minimum atomic E-state index is -1.03.